The van der Waals surface area contributed by atoms with Crippen LogP contribution in [0.5, 0.6) is 0 Å². The standard InChI is InChI=1S/C12H26BN3O5/c1-8(14)10(17)16-9-6-12(11(18)19,15-7-9)4-2-3-5-13(20)21/h8-10,15-17,20-21H,2-7,14H2,1H3,(H,18,19)/t8-,9+,10?,12+/m0/s1. The molecular formula is C12H26BN3O5. The van der Waals surface area contributed by atoms with Crippen molar-refractivity contribution in [3.63, 3.8) is 0 Å². The fraction of sp³-hybridized carbons (Fsp3) is 0.917. The molecule has 1 heterocycles. The van der Waals surface area contributed by atoms with E-state index in [0.717, 1.165) is 0 Å². The Hall–Kier alpha value is -0.705. The van der Waals surface area contributed by atoms with Gasteiger partial charge in [-0.15, -0.1) is 0 Å². The molecule has 1 saturated heterocycles. The van der Waals surface area contributed by atoms with E-state index in [1.54, 1.807) is 6.92 Å². The van der Waals surface area contributed by atoms with E-state index < -0.39 is 30.9 Å². The maximum Gasteiger partial charge on any atom is 0.451 e. The molecule has 0 amide bonds. The number of hydrogen-bond acceptors (Lipinski definition) is 7. The van der Waals surface area contributed by atoms with Gasteiger partial charge in [-0.05, 0) is 26.1 Å². The smallest absolute Gasteiger partial charge is 0.451 e. The summed E-state index contributed by atoms with van der Waals surface area (Å²) in [6.45, 7) is 2.11. The molecule has 122 valence electrons. The Bertz CT molecular complexity index is 345. The Balaban J connectivity index is 2.49. The van der Waals surface area contributed by atoms with Gasteiger partial charge >= 0.3 is 13.1 Å². The van der Waals surface area contributed by atoms with Gasteiger partial charge in [-0.25, -0.2) is 0 Å². The van der Waals surface area contributed by atoms with E-state index in [1.807, 2.05) is 0 Å². The molecule has 0 aromatic heterocycles. The fourth-order valence-corrected chi connectivity index (χ4v) is 2.61. The maximum absolute atomic E-state index is 11.5. The van der Waals surface area contributed by atoms with Crippen molar-refractivity contribution in [2.24, 2.45) is 5.73 Å². The first-order valence-corrected chi connectivity index (χ1v) is 7.31. The molecule has 8 N–H and O–H groups in total. The molecule has 0 bridgehead atoms. The van der Waals surface area contributed by atoms with E-state index in [2.05, 4.69) is 10.6 Å². The second-order valence-electron chi connectivity index (χ2n) is 5.87. The topological polar surface area (TPSA) is 148 Å². The molecule has 0 aliphatic carbocycles. The van der Waals surface area contributed by atoms with Crippen LogP contribution in [0.25, 0.3) is 0 Å². The second-order valence-corrected chi connectivity index (χ2v) is 5.87. The highest BCUT2D eigenvalue weighted by Gasteiger charge is 2.45. The summed E-state index contributed by atoms with van der Waals surface area (Å²) in [5.74, 6) is -0.924. The Kier molecular flexibility index (Phi) is 7.05. The number of nitrogens with two attached hydrogens (primary N) is 1. The van der Waals surface area contributed by atoms with Gasteiger partial charge in [0, 0.05) is 18.6 Å². The number of aliphatic carboxylic acids is 1. The van der Waals surface area contributed by atoms with Gasteiger partial charge in [-0.3, -0.25) is 10.1 Å². The van der Waals surface area contributed by atoms with Gasteiger partial charge < -0.3 is 31.3 Å². The Morgan fingerprint density at radius 1 is 1.52 bits per heavy atom. The molecule has 0 radical (unpaired) electrons. The number of carboxylic acids is 1. The lowest BCUT2D eigenvalue weighted by Crippen LogP contribution is -2.49. The number of aliphatic hydroxyl groups excluding tert-OH is 1. The zero-order valence-electron chi connectivity index (χ0n) is 12.3. The Morgan fingerprint density at radius 3 is 2.71 bits per heavy atom. The molecule has 0 aromatic rings. The van der Waals surface area contributed by atoms with Crippen LogP contribution >= 0.6 is 0 Å². The van der Waals surface area contributed by atoms with Gasteiger partial charge in [-0.1, -0.05) is 12.8 Å². The third-order valence-electron chi connectivity index (χ3n) is 3.91. The monoisotopic (exact) mass is 303 g/mol. The summed E-state index contributed by atoms with van der Waals surface area (Å²) in [6, 6.07) is -0.596. The van der Waals surface area contributed by atoms with E-state index >= 15 is 0 Å². The van der Waals surface area contributed by atoms with Crippen LogP contribution in [0.15, 0.2) is 0 Å². The summed E-state index contributed by atoms with van der Waals surface area (Å²) in [4.78, 5) is 11.5. The maximum atomic E-state index is 11.5. The minimum absolute atomic E-state index is 0.162. The number of unbranched alkanes of at least 4 members (excludes halogenated alkanes) is 1. The summed E-state index contributed by atoms with van der Waals surface area (Å²) < 4.78 is 0. The molecule has 1 unspecified atom stereocenters. The molecule has 9 heteroatoms. The van der Waals surface area contributed by atoms with Crippen molar-refractivity contribution in [2.75, 3.05) is 6.54 Å². The van der Waals surface area contributed by atoms with Gasteiger partial charge in [0.05, 0.1) is 0 Å². The van der Waals surface area contributed by atoms with E-state index in [9.17, 15) is 15.0 Å². The van der Waals surface area contributed by atoms with Gasteiger partial charge in [-0.2, -0.15) is 0 Å². The van der Waals surface area contributed by atoms with Gasteiger partial charge in [0.15, 0.2) is 0 Å². The van der Waals surface area contributed by atoms with Crippen LogP contribution < -0.4 is 16.4 Å². The quantitative estimate of drug-likeness (QED) is 0.148. The van der Waals surface area contributed by atoms with Crippen LogP contribution in [0.1, 0.15) is 32.6 Å². The van der Waals surface area contributed by atoms with Crippen LogP contribution in [0, 0.1) is 0 Å². The van der Waals surface area contributed by atoms with Crippen molar-refractivity contribution < 1.29 is 25.1 Å². The van der Waals surface area contributed by atoms with Crippen molar-refractivity contribution in [1.82, 2.24) is 10.6 Å². The molecular weight excluding hydrogens is 277 g/mol. The van der Waals surface area contributed by atoms with E-state index in [1.165, 1.54) is 0 Å². The number of carbonyl (C=O) groups is 1. The fourth-order valence-electron chi connectivity index (χ4n) is 2.61. The number of hydrogen-bond donors (Lipinski definition) is 7. The summed E-state index contributed by atoms with van der Waals surface area (Å²) in [5, 5.41) is 42.7. The summed E-state index contributed by atoms with van der Waals surface area (Å²) >= 11 is 0. The summed E-state index contributed by atoms with van der Waals surface area (Å²) in [7, 11) is -1.35. The predicted octanol–water partition coefficient (Wildman–Crippen LogP) is -1.93. The molecule has 4 atom stereocenters. The van der Waals surface area contributed by atoms with Gasteiger partial charge in [0.1, 0.15) is 11.8 Å². The number of nitrogens with one attached hydrogen (secondary N) is 2. The lowest BCUT2D eigenvalue weighted by molar-refractivity contribution is -0.144. The van der Waals surface area contributed by atoms with Crippen LogP contribution in [-0.2, 0) is 4.79 Å². The van der Waals surface area contributed by atoms with E-state index in [4.69, 9.17) is 15.8 Å². The molecule has 1 rings (SSSR count). The summed E-state index contributed by atoms with van der Waals surface area (Å²) in [5.41, 5.74) is 4.54. The lowest BCUT2D eigenvalue weighted by atomic mass is 9.81. The van der Waals surface area contributed by atoms with E-state index in [0.29, 0.717) is 32.2 Å². The van der Waals surface area contributed by atoms with Crippen LogP contribution in [-0.4, -0.2) is 63.7 Å². The third kappa shape index (κ3) is 5.53. The summed E-state index contributed by atoms with van der Waals surface area (Å²) in [6.07, 6.45) is 1.26. The largest absolute Gasteiger partial charge is 0.480 e. The van der Waals surface area contributed by atoms with Crippen LogP contribution in [0.3, 0.4) is 0 Å². The zero-order valence-corrected chi connectivity index (χ0v) is 12.3. The van der Waals surface area contributed by atoms with Crippen molar-refractivity contribution in [2.45, 2.75) is 62.8 Å². The first kappa shape index (κ1) is 18.3. The number of carboxylic acid groups (broad SMARTS) is 1. The minimum Gasteiger partial charge on any atom is -0.480 e. The average Bonchev–Trinajstić information content (AvgIpc) is 2.79. The first-order valence-electron chi connectivity index (χ1n) is 7.31. The molecule has 1 aliphatic heterocycles. The van der Waals surface area contributed by atoms with E-state index in [-0.39, 0.29) is 12.4 Å². The van der Waals surface area contributed by atoms with Gasteiger partial charge in [0.25, 0.3) is 0 Å². The predicted molar refractivity (Wildman–Crippen MR) is 78.4 cm³/mol. The van der Waals surface area contributed by atoms with Crippen molar-refractivity contribution >= 4 is 13.1 Å². The van der Waals surface area contributed by atoms with Gasteiger partial charge in [0.2, 0.25) is 0 Å². The highest BCUT2D eigenvalue weighted by Crippen LogP contribution is 2.27. The highest BCUT2D eigenvalue weighted by atomic mass is 16.4. The minimum atomic E-state index is -1.35. The molecule has 0 spiro atoms. The normalized spacial score (nSPS) is 28.3. The third-order valence-corrected chi connectivity index (χ3v) is 3.91. The van der Waals surface area contributed by atoms with Crippen molar-refractivity contribution in [1.29, 1.82) is 0 Å². The molecule has 0 aromatic carbocycles. The Labute approximate surface area is 124 Å². The van der Waals surface area contributed by atoms with Crippen molar-refractivity contribution in [3.05, 3.63) is 0 Å². The molecule has 1 fully saturated rings. The first-order chi connectivity index (χ1) is 9.77. The second kappa shape index (κ2) is 8.07. The molecule has 21 heavy (non-hydrogen) atoms. The highest BCUT2D eigenvalue weighted by molar-refractivity contribution is 6.40. The van der Waals surface area contributed by atoms with Crippen LogP contribution in [0.2, 0.25) is 6.32 Å². The zero-order chi connectivity index (χ0) is 16.0. The Morgan fingerprint density at radius 2 is 2.19 bits per heavy atom. The number of aliphatic hydroxyl groups is 1. The lowest BCUT2D eigenvalue weighted by Gasteiger charge is -2.25. The van der Waals surface area contributed by atoms with Crippen molar-refractivity contribution in [3.8, 4) is 0 Å². The molecule has 0 saturated carbocycles. The average molecular weight is 303 g/mol. The SMILES string of the molecule is C[C@H](N)C(O)N[C@H]1CN[C@@](CCCCB(O)O)(C(=O)O)C1. The number of rotatable bonds is 9. The molecule has 8 nitrogen and oxygen atoms in total. The molecule has 1 aliphatic rings. The van der Waals surface area contributed by atoms with Crippen LogP contribution in [0.4, 0.5) is 0 Å².